The largest absolute Gasteiger partial charge is 0.497 e. The summed E-state index contributed by atoms with van der Waals surface area (Å²) in [4.78, 5) is 4.64. The summed E-state index contributed by atoms with van der Waals surface area (Å²) in [6.07, 6.45) is 3.08. The molecule has 7 heteroatoms. The summed E-state index contributed by atoms with van der Waals surface area (Å²) in [5.41, 5.74) is 0.963. The Bertz CT molecular complexity index is 491. The first-order valence-corrected chi connectivity index (χ1v) is 8.71. The van der Waals surface area contributed by atoms with E-state index in [1.807, 2.05) is 30.5 Å². The first kappa shape index (κ1) is 20.5. The number of rotatable bonds is 6. The Morgan fingerprint density at radius 1 is 1.30 bits per heavy atom. The molecule has 0 spiro atoms. The lowest BCUT2D eigenvalue weighted by molar-refractivity contribution is -0.156. The molecule has 1 aromatic rings. The van der Waals surface area contributed by atoms with Gasteiger partial charge in [-0.3, -0.25) is 4.99 Å². The summed E-state index contributed by atoms with van der Waals surface area (Å²) in [5, 5.41) is 4.22. The van der Waals surface area contributed by atoms with Crippen molar-refractivity contribution in [2.24, 2.45) is 4.99 Å². The van der Waals surface area contributed by atoms with Gasteiger partial charge in [-0.25, -0.2) is 0 Å². The van der Waals surface area contributed by atoms with Crippen molar-refractivity contribution >= 4 is 40.9 Å². The molecule has 1 aliphatic rings. The highest BCUT2D eigenvalue weighted by Crippen LogP contribution is 2.33. The van der Waals surface area contributed by atoms with Crippen molar-refractivity contribution in [3.8, 4) is 5.75 Å². The fourth-order valence-corrected chi connectivity index (χ4v) is 2.69. The van der Waals surface area contributed by atoms with Gasteiger partial charge in [0.05, 0.1) is 20.3 Å². The summed E-state index contributed by atoms with van der Waals surface area (Å²) >= 11 is 1.60. The minimum Gasteiger partial charge on any atom is -0.497 e. The maximum absolute atomic E-state index is 5.89. The quantitative estimate of drug-likeness (QED) is 0.408. The average Bonchev–Trinajstić information content (AvgIpc) is 3.05. The van der Waals surface area contributed by atoms with E-state index < -0.39 is 5.79 Å². The minimum atomic E-state index is -0.791. The molecule has 1 aliphatic heterocycles. The zero-order valence-corrected chi connectivity index (χ0v) is 17.0. The van der Waals surface area contributed by atoms with Gasteiger partial charge in [0.15, 0.2) is 5.17 Å². The van der Waals surface area contributed by atoms with Gasteiger partial charge in [0, 0.05) is 12.1 Å². The number of amidine groups is 1. The van der Waals surface area contributed by atoms with E-state index in [1.54, 1.807) is 18.9 Å². The maximum atomic E-state index is 5.89. The van der Waals surface area contributed by atoms with Crippen LogP contribution < -0.4 is 10.1 Å². The van der Waals surface area contributed by atoms with Crippen molar-refractivity contribution in [2.45, 2.75) is 19.1 Å². The molecule has 0 unspecified atom stereocenters. The highest BCUT2D eigenvalue weighted by atomic mass is 127. The molecule has 5 nitrogen and oxygen atoms in total. The molecule has 130 valence electrons. The first-order valence-electron chi connectivity index (χ1n) is 7.49. The van der Waals surface area contributed by atoms with Crippen LogP contribution in [0.4, 0.5) is 0 Å². The van der Waals surface area contributed by atoms with Gasteiger partial charge in [-0.2, -0.15) is 0 Å². The van der Waals surface area contributed by atoms with Gasteiger partial charge >= 0.3 is 0 Å². The highest BCUT2D eigenvalue weighted by Gasteiger charge is 2.38. The van der Waals surface area contributed by atoms with Crippen LogP contribution in [0.2, 0.25) is 0 Å². The van der Waals surface area contributed by atoms with Crippen molar-refractivity contribution in [2.75, 3.05) is 39.7 Å². The third kappa shape index (κ3) is 5.51. The maximum Gasteiger partial charge on any atom is 0.215 e. The molecule has 0 radical (unpaired) electrons. The van der Waals surface area contributed by atoms with Crippen molar-refractivity contribution in [3.05, 3.63) is 29.8 Å². The molecule has 0 atom stereocenters. The van der Waals surface area contributed by atoms with Crippen LogP contribution in [0.25, 0.3) is 0 Å². The minimum absolute atomic E-state index is 0. The van der Waals surface area contributed by atoms with Crippen LogP contribution in [-0.2, 0) is 15.3 Å². The summed E-state index contributed by atoms with van der Waals surface area (Å²) in [7, 11) is 1.65. The zero-order valence-electron chi connectivity index (χ0n) is 13.8. The molecule has 0 amide bonds. The van der Waals surface area contributed by atoms with Gasteiger partial charge in [-0.15, -0.1) is 24.0 Å². The Morgan fingerprint density at radius 3 is 2.48 bits per heavy atom. The van der Waals surface area contributed by atoms with E-state index in [1.165, 1.54) is 0 Å². The topological polar surface area (TPSA) is 52.1 Å². The monoisotopic (exact) mass is 452 g/mol. The lowest BCUT2D eigenvalue weighted by Crippen LogP contribution is -2.32. The molecule has 0 aliphatic carbocycles. The van der Waals surface area contributed by atoms with Crippen molar-refractivity contribution < 1.29 is 14.2 Å². The number of hydrogen-bond acceptors (Lipinski definition) is 5. The lowest BCUT2D eigenvalue weighted by atomic mass is 10.1. The van der Waals surface area contributed by atoms with Crippen LogP contribution in [0.1, 0.15) is 18.9 Å². The molecule has 23 heavy (non-hydrogen) atoms. The molecular weight excluding hydrogens is 427 g/mol. The van der Waals surface area contributed by atoms with E-state index in [-0.39, 0.29) is 24.0 Å². The van der Waals surface area contributed by atoms with E-state index in [9.17, 15) is 0 Å². The Balaban J connectivity index is 0.00000264. The zero-order chi connectivity index (χ0) is 15.8. The Hall–Kier alpha value is -0.510. The van der Waals surface area contributed by atoms with Crippen LogP contribution in [0, 0.1) is 0 Å². The number of hydrogen-bond donors (Lipinski definition) is 1. The number of nitrogens with zero attached hydrogens (tertiary/aromatic N) is 1. The fourth-order valence-electron chi connectivity index (χ4n) is 2.25. The number of benzene rings is 1. The predicted molar refractivity (Wildman–Crippen MR) is 106 cm³/mol. The number of methoxy groups -OCH3 is 1. The van der Waals surface area contributed by atoms with Gasteiger partial charge < -0.3 is 19.5 Å². The van der Waals surface area contributed by atoms with E-state index in [2.05, 4.69) is 17.2 Å². The van der Waals surface area contributed by atoms with Gasteiger partial charge in [0.2, 0.25) is 5.79 Å². The van der Waals surface area contributed by atoms with E-state index in [0.717, 1.165) is 29.4 Å². The van der Waals surface area contributed by atoms with E-state index >= 15 is 0 Å². The molecule has 0 bridgehead atoms. The Kier molecular flexibility index (Phi) is 9.26. The van der Waals surface area contributed by atoms with Crippen molar-refractivity contribution in [1.82, 2.24) is 5.32 Å². The summed E-state index contributed by atoms with van der Waals surface area (Å²) in [5.74, 6) is 0.0241. The SMILES string of the molecule is CCCNC(=NCC1(c2ccc(OC)cc2)OCCO1)SC.I. The fraction of sp³-hybridized carbons (Fsp3) is 0.562. The molecule has 1 N–H and O–H groups in total. The number of thioether (sulfide) groups is 1. The van der Waals surface area contributed by atoms with Gasteiger partial charge in [0.25, 0.3) is 0 Å². The summed E-state index contributed by atoms with van der Waals surface area (Å²) in [6.45, 7) is 4.65. The second-order valence-corrected chi connectivity index (χ2v) is 5.73. The number of aliphatic imine (C=N–C) groups is 1. The first-order chi connectivity index (χ1) is 10.7. The van der Waals surface area contributed by atoms with Crippen LogP contribution in [0.15, 0.2) is 29.3 Å². The van der Waals surface area contributed by atoms with Crippen LogP contribution in [0.3, 0.4) is 0 Å². The third-order valence-electron chi connectivity index (χ3n) is 3.43. The second kappa shape index (κ2) is 10.4. The molecule has 0 saturated carbocycles. The second-order valence-electron chi connectivity index (χ2n) is 4.93. The Labute approximate surface area is 159 Å². The smallest absolute Gasteiger partial charge is 0.215 e. The molecule has 1 aromatic carbocycles. The van der Waals surface area contributed by atoms with Gasteiger partial charge in [0.1, 0.15) is 12.3 Å². The predicted octanol–water partition coefficient (Wildman–Crippen LogP) is 3.23. The van der Waals surface area contributed by atoms with E-state index in [0.29, 0.717) is 19.8 Å². The number of halogens is 1. The van der Waals surface area contributed by atoms with Crippen LogP contribution in [-0.4, -0.2) is 44.8 Å². The average molecular weight is 452 g/mol. The molecule has 0 aromatic heterocycles. The lowest BCUT2D eigenvalue weighted by Gasteiger charge is -2.26. The normalized spacial score (nSPS) is 16.7. The summed E-state index contributed by atoms with van der Waals surface area (Å²) < 4.78 is 17.0. The van der Waals surface area contributed by atoms with Crippen molar-refractivity contribution in [1.29, 1.82) is 0 Å². The van der Waals surface area contributed by atoms with Crippen LogP contribution >= 0.6 is 35.7 Å². The van der Waals surface area contributed by atoms with Crippen LogP contribution in [0.5, 0.6) is 5.75 Å². The summed E-state index contributed by atoms with van der Waals surface area (Å²) in [6, 6.07) is 7.77. The molecular formula is C16H25IN2O3S. The van der Waals surface area contributed by atoms with E-state index in [4.69, 9.17) is 14.2 Å². The standard InChI is InChI=1S/C16H24N2O3S.HI/c1-4-9-17-15(22-3)18-12-16(20-10-11-21-16)13-5-7-14(19-2)8-6-13;/h5-8H,4,9-12H2,1-3H3,(H,17,18);1H. The molecule has 1 heterocycles. The van der Waals surface area contributed by atoms with Gasteiger partial charge in [-0.1, -0.05) is 18.7 Å². The highest BCUT2D eigenvalue weighted by molar-refractivity contribution is 14.0. The van der Waals surface area contributed by atoms with Gasteiger partial charge in [-0.05, 0) is 36.9 Å². The third-order valence-corrected chi connectivity index (χ3v) is 4.09. The number of ether oxygens (including phenoxy) is 3. The Morgan fingerprint density at radius 2 is 1.96 bits per heavy atom. The molecule has 1 saturated heterocycles. The molecule has 2 rings (SSSR count). The molecule has 1 fully saturated rings. The van der Waals surface area contributed by atoms with Crippen molar-refractivity contribution in [3.63, 3.8) is 0 Å². The number of nitrogens with one attached hydrogen (secondary N) is 1.